The van der Waals surface area contributed by atoms with E-state index < -0.39 is 16.6 Å². The zero-order valence-corrected chi connectivity index (χ0v) is 20.2. The molecule has 0 amide bonds. The normalized spacial score (nSPS) is 18.8. The second-order valence-corrected chi connectivity index (χ2v) is 10.2. The van der Waals surface area contributed by atoms with Crippen LogP contribution in [0.1, 0.15) is 38.3 Å². The molecule has 0 saturated heterocycles. The highest BCUT2D eigenvalue weighted by Crippen LogP contribution is 2.34. The van der Waals surface area contributed by atoms with Crippen molar-refractivity contribution in [3.8, 4) is 17.9 Å². The number of ether oxygens (including phenoxy) is 1. The number of hydrogen-bond donors (Lipinski definition) is 1. The lowest BCUT2D eigenvalue weighted by molar-refractivity contribution is 0.223. The molecule has 1 N–H and O–H groups in total. The third-order valence-electron chi connectivity index (χ3n) is 5.23. The maximum Gasteiger partial charge on any atom is 0.343 e. The molecule has 1 aromatic carbocycles. The molecule has 0 aliphatic carbocycles. The minimum atomic E-state index is -1.25. The smallest absolute Gasteiger partial charge is 0.343 e. The third-order valence-corrected chi connectivity index (χ3v) is 6.25. The molecule has 3 heterocycles. The van der Waals surface area contributed by atoms with E-state index in [0.717, 1.165) is 0 Å². The fraction of sp³-hybridized carbons (Fsp3) is 0.222. The Hall–Kier alpha value is -4.32. The highest BCUT2D eigenvalue weighted by Gasteiger charge is 2.24. The number of nitrogens with one attached hydrogen (secondary N) is 1. The third kappa shape index (κ3) is 5.27. The molecule has 35 heavy (non-hydrogen) atoms. The van der Waals surface area contributed by atoms with E-state index in [-0.39, 0.29) is 16.7 Å². The number of nitriles is 1. The van der Waals surface area contributed by atoms with Crippen molar-refractivity contribution in [2.75, 3.05) is 10.5 Å². The number of allylic oxidation sites excluding steroid dienone is 6. The molecular formula is C27H21N3O4S. The van der Waals surface area contributed by atoms with Crippen LogP contribution in [0.15, 0.2) is 68.4 Å². The van der Waals surface area contributed by atoms with E-state index >= 15 is 0 Å². The number of anilines is 1. The number of fused-ring (bicyclic) bond motifs is 2. The zero-order valence-electron chi connectivity index (χ0n) is 19.4. The molecule has 2 aromatic rings. The van der Waals surface area contributed by atoms with Crippen LogP contribution in [0.5, 0.6) is 0 Å². The predicted molar refractivity (Wildman–Crippen MR) is 136 cm³/mol. The molecule has 2 aliphatic heterocycles. The van der Waals surface area contributed by atoms with Crippen molar-refractivity contribution in [1.82, 2.24) is 0 Å². The summed E-state index contributed by atoms with van der Waals surface area (Å²) in [6.45, 7) is 13.1. The maximum atomic E-state index is 12.7. The van der Waals surface area contributed by atoms with Gasteiger partial charge in [0.25, 0.3) is 5.70 Å². The van der Waals surface area contributed by atoms with Crippen LogP contribution in [0.3, 0.4) is 0 Å². The topological polar surface area (TPSA) is 96.7 Å². The van der Waals surface area contributed by atoms with Crippen LogP contribution in [0, 0.1) is 35.2 Å². The number of hydrogen-bond acceptors (Lipinski definition) is 5. The summed E-state index contributed by atoms with van der Waals surface area (Å²) in [6.07, 6.45) is 6.95. The molecule has 0 radical (unpaired) electrons. The molecular weight excluding hydrogens is 462 g/mol. The van der Waals surface area contributed by atoms with Gasteiger partial charge in [0.15, 0.2) is 0 Å². The van der Waals surface area contributed by atoms with E-state index in [1.54, 1.807) is 42.5 Å². The molecule has 7 nitrogen and oxygen atoms in total. The first-order chi connectivity index (χ1) is 16.7. The summed E-state index contributed by atoms with van der Waals surface area (Å²) >= 11 is 0. The average Bonchev–Trinajstić information content (AvgIpc) is 2.80. The van der Waals surface area contributed by atoms with Crippen LogP contribution < -0.4 is 10.3 Å². The molecule has 8 heteroatoms. The first kappa shape index (κ1) is 23.8. The Morgan fingerprint density at radius 3 is 2.80 bits per heavy atom. The molecule has 0 spiro atoms. The van der Waals surface area contributed by atoms with E-state index in [1.807, 2.05) is 26.8 Å². The van der Waals surface area contributed by atoms with E-state index in [0.29, 0.717) is 51.5 Å². The maximum absolute atomic E-state index is 12.7. The summed E-state index contributed by atoms with van der Waals surface area (Å²) in [5.74, 6) is 7.40. The lowest BCUT2D eigenvalue weighted by Gasteiger charge is -2.26. The highest BCUT2D eigenvalue weighted by molar-refractivity contribution is 7.86. The summed E-state index contributed by atoms with van der Waals surface area (Å²) in [5.41, 5.74) is 1.38. The molecule has 1 atom stereocenters. The molecule has 0 saturated carbocycles. The molecule has 4 rings (SSSR count). The predicted octanol–water partition coefficient (Wildman–Crippen LogP) is 5.18. The summed E-state index contributed by atoms with van der Waals surface area (Å²) < 4.78 is 26.6. The van der Waals surface area contributed by atoms with Gasteiger partial charge in [0.2, 0.25) is 0 Å². The average molecular weight is 484 g/mol. The van der Waals surface area contributed by atoms with E-state index in [2.05, 4.69) is 21.4 Å². The van der Waals surface area contributed by atoms with Crippen molar-refractivity contribution in [3.05, 3.63) is 92.2 Å². The summed E-state index contributed by atoms with van der Waals surface area (Å²) in [4.78, 5) is 16.0. The standard InChI is InChI=1S/C27H21N3O4S/c1-27(2,3)25-15-19(23(16-28)29-4)12-21(33-25)9-8-18-11-20-13-22-17(14-24(20)34-26(18)31)7-5-6-10-35(32)30-22/h8-9,11-15,30H,6,10H2,1-3H3/b9-8+,23-19-. The van der Waals surface area contributed by atoms with Gasteiger partial charge in [-0.05, 0) is 48.1 Å². The molecule has 174 valence electrons. The van der Waals surface area contributed by atoms with Gasteiger partial charge in [0.05, 0.1) is 35.2 Å². The van der Waals surface area contributed by atoms with Crippen LogP contribution >= 0.6 is 0 Å². The number of rotatable bonds is 2. The summed E-state index contributed by atoms with van der Waals surface area (Å²) in [5, 5.41) is 9.95. The Morgan fingerprint density at radius 2 is 2.09 bits per heavy atom. The van der Waals surface area contributed by atoms with E-state index in [1.165, 1.54) is 0 Å². The largest absolute Gasteiger partial charge is 0.461 e. The Morgan fingerprint density at radius 1 is 1.29 bits per heavy atom. The number of benzene rings is 1. The Bertz CT molecular complexity index is 1570. The monoisotopic (exact) mass is 483 g/mol. The van der Waals surface area contributed by atoms with Crippen molar-refractivity contribution < 1.29 is 13.4 Å². The minimum absolute atomic E-state index is 0.0457. The van der Waals surface area contributed by atoms with Gasteiger partial charge in [-0.25, -0.2) is 19.1 Å². The van der Waals surface area contributed by atoms with Gasteiger partial charge in [-0.2, -0.15) is 0 Å². The SMILES string of the molecule is [C-]#[N+]/C(C#N)=C1C=C(/C=C/c2cc3cc4c(cc3oc2=O)C#CCCS(=O)N4)OC(C(C)(C)C)=C/1. The van der Waals surface area contributed by atoms with Gasteiger partial charge in [-0.1, -0.05) is 32.6 Å². The second-order valence-electron chi connectivity index (χ2n) is 8.90. The van der Waals surface area contributed by atoms with Gasteiger partial charge in [0.1, 0.15) is 28.1 Å². The van der Waals surface area contributed by atoms with Crippen molar-refractivity contribution in [3.63, 3.8) is 0 Å². The van der Waals surface area contributed by atoms with Gasteiger partial charge < -0.3 is 13.9 Å². The van der Waals surface area contributed by atoms with Gasteiger partial charge in [-0.3, -0.25) is 0 Å². The summed E-state index contributed by atoms with van der Waals surface area (Å²) in [6, 6.07) is 7.01. The second kappa shape index (κ2) is 9.50. The van der Waals surface area contributed by atoms with Crippen LogP contribution in [0.4, 0.5) is 5.69 Å². The van der Waals surface area contributed by atoms with Gasteiger partial charge >= 0.3 is 5.63 Å². The fourth-order valence-electron chi connectivity index (χ4n) is 3.40. The van der Waals surface area contributed by atoms with Crippen LogP contribution in [-0.4, -0.2) is 9.96 Å². The Balaban J connectivity index is 1.74. The first-order valence-corrected chi connectivity index (χ1v) is 12.1. The molecule has 0 bridgehead atoms. The van der Waals surface area contributed by atoms with Crippen molar-refractivity contribution in [2.24, 2.45) is 5.41 Å². The zero-order chi connectivity index (χ0) is 25.2. The van der Waals surface area contributed by atoms with Crippen molar-refractivity contribution >= 4 is 33.7 Å². The number of nitrogens with zero attached hydrogens (tertiary/aromatic N) is 2. The van der Waals surface area contributed by atoms with Crippen LogP contribution in [0.25, 0.3) is 21.9 Å². The molecule has 0 fully saturated rings. The Kier molecular flexibility index (Phi) is 6.47. The van der Waals surface area contributed by atoms with Crippen LogP contribution in [-0.2, 0) is 15.7 Å². The lowest BCUT2D eigenvalue weighted by Crippen LogP contribution is -2.15. The fourth-order valence-corrected chi connectivity index (χ4v) is 4.20. The first-order valence-electron chi connectivity index (χ1n) is 10.8. The Labute approximate surface area is 205 Å². The summed E-state index contributed by atoms with van der Waals surface area (Å²) in [7, 11) is -1.25. The minimum Gasteiger partial charge on any atom is -0.461 e. The van der Waals surface area contributed by atoms with Gasteiger partial charge in [-0.15, -0.1) is 0 Å². The highest BCUT2D eigenvalue weighted by atomic mass is 32.2. The molecule has 1 aromatic heterocycles. The van der Waals surface area contributed by atoms with E-state index in [4.69, 9.17) is 15.7 Å². The van der Waals surface area contributed by atoms with E-state index in [9.17, 15) is 14.3 Å². The molecule has 2 aliphatic rings. The molecule has 1 unspecified atom stereocenters. The van der Waals surface area contributed by atoms with Crippen LogP contribution in [0.2, 0.25) is 0 Å². The van der Waals surface area contributed by atoms with Gasteiger partial charge in [0, 0.05) is 17.2 Å². The quantitative estimate of drug-likeness (QED) is 0.275. The van der Waals surface area contributed by atoms with Crippen molar-refractivity contribution in [2.45, 2.75) is 27.2 Å². The lowest BCUT2D eigenvalue weighted by atomic mass is 9.91. The van der Waals surface area contributed by atoms with Crippen molar-refractivity contribution in [1.29, 1.82) is 5.26 Å².